The molecule has 2 fully saturated rings. The van der Waals surface area contributed by atoms with Gasteiger partial charge in [-0.2, -0.15) is 0 Å². The van der Waals surface area contributed by atoms with E-state index in [4.69, 9.17) is 0 Å². The summed E-state index contributed by atoms with van der Waals surface area (Å²) in [6, 6.07) is 0. The van der Waals surface area contributed by atoms with Crippen molar-refractivity contribution in [3.63, 3.8) is 0 Å². The van der Waals surface area contributed by atoms with Crippen LogP contribution in [0.1, 0.15) is 47.0 Å². The third-order valence-electron chi connectivity index (χ3n) is 4.89. The van der Waals surface area contributed by atoms with Crippen LogP contribution in [0.15, 0.2) is 0 Å². The van der Waals surface area contributed by atoms with Crippen molar-refractivity contribution in [2.45, 2.75) is 53.1 Å². The smallest absolute Gasteiger partial charge is 0.130 e. The number of fused-ring (bicyclic) bond motifs is 1. The van der Waals surface area contributed by atoms with E-state index in [0.717, 1.165) is 12.8 Å². The lowest BCUT2D eigenvalue weighted by molar-refractivity contribution is -0.117. The molecular weight excluding hydrogens is 188 g/mol. The summed E-state index contributed by atoms with van der Waals surface area (Å²) in [5.74, 6) is 1.22. The van der Waals surface area contributed by atoms with Gasteiger partial charge in [0.25, 0.3) is 0 Å². The number of rotatable bonds is 2. The maximum Gasteiger partial charge on any atom is 0.130 e. The van der Waals surface area contributed by atoms with Crippen molar-refractivity contribution in [3.05, 3.63) is 0 Å². The Morgan fingerprint density at radius 1 is 1.40 bits per heavy atom. The second kappa shape index (κ2) is 3.07. The van der Waals surface area contributed by atoms with Gasteiger partial charge in [0.2, 0.25) is 0 Å². The monoisotopic (exact) mass is 210 g/mol. The molecule has 2 aliphatic rings. The molecule has 4 atom stereocenters. The molecule has 0 aromatic heterocycles. The van der Waals surface area contributed by atoms with Gasteiger partial charge in [0, 0.05) is 11.8 Å². The summed E-state index contributed by atoms with van der Waals surface area (Å²) in [6.07, 6.45) is 2.44. The van der Waals surface area contributed by atoms with Gasteiger partial charge in [-0.1, -0.05) is 20.8 Å². The van der Waals surface area contributed by atoms with Crippen LogP contribution >= 0.6 is 0 Å². The van der Waals surface area contributed by atoms with Crippen LogP contribution in [0, 0.1) is 22.7 Å². The van der Waals surface area contributed by atoms with E-state index >= 15 is 0 Å². The van der Waals surface area contributed by atoms with Crippen LogP contribution in [0.2, 0.25) is 0 Å². The molecule has 0 aromatic rings. The molecule has 15 heavy (non-hydrogen) atoms. The Morgan fingerprint density at radius 2 is 2.00 bits per heavy atom. The second-order valence-corrected chi connectivity index (χ2v) is 6.40. The maximum atomic E-state index is 11.2. The van der Waals surface area contributed by atoms with Crippen LogP contribution in [0.5, 0.6) is 0 Å². The molecular formula is C13H22O2. The highest BCUT2D eigenvalue weighted by Gasteiger charge is 2.70. The van der Waals surface area contributed by atoms with Crippen LogP contribution in [-0.2, 0) is 4.79 Å². The molecule has 86 valence electrons. The SMILES string of the molecule is CC(=O)C[C@H]1C2C(C)(C)CC[C@@H](O)[C@@]21C. The third-order valence-corrected chi connectivity index (χ3v) is 4.89. The Hall–Kier alpha value is -0.370. The van der Waals surface area contributed by atoms with Crippen LogP contribution in [0.25, 0.3) is 0 Å². The van der Waals surface area contributed by atoms with E-state index in [-0.39, 0.29) is 17.3 Å². The topological polar surface area (TPSA) is 37.3 Å². The van der Waals surface area contributed by atoms with Crippen molar-refractivity contribution in [1.29, 1.82) is 0 Å². The van der Waals surface area contributed by atoms with Crippen molar-refractivity contribution in [2.75, 3.05) is 0 Å². The molecule has 2 nitrogen and oxygen atoms in total. The van der Waals surface area contributed by atoms with E-state index < -0.39 is 0 Å². The maximum absolute atomic E-state index is 11.2. The number of hydrogen-bond donors (Lipinski definition) is 1. The van der Waals surface area contributed by atoms with Gasteiger partial charge in [0.15, 0.2) is 0 Å². The molecule has 0 heterocycles. The molecule has 0 bridgehead atoms. The van der Waals surface area contributed by atoms with Gasteiger partial charge in [-0.25, -0.2) is 0 Å². The van der Waals surface area contributed by atoms with Crippen molar-refractivity contribution < 1.29 is 9.90 Å². The Bertz CT molecular complexity index is 295. The lowest BCUT2D eigenvalue weighted by Gasteiger charge is -2.36. The number of hydrogen-bond acceptors (Lipinski definition) is 2. The van der Waals surface area contributed by atoms with Gasteiger partial charge in [0.1, 0.15) is 5.78 Å². The average molecular weight is 210 g/mol. The molecule has 1 unspecified atom stereocenters. The Balaban J connectivity index is 2.20. The molecule has 0 spiro atoms. The summed E-state index contributed by atoms with van der Waals surface area (Å²) >= 11 is 0. The standard InChI is InChI=1S/C13H22O2/c1-8(14)7-9-11-12(2,3)6-5-10(15)13(9,11)4/h9-11,15H,5-7H2,1-4H3/t9-,10+,11?,13-/m0/s1. The van der Waals surface area contributed by atoms with E-state index in [0.29, 0.717) is 23.7 Å². The zero-order valence-corrected chi connectivity index (χ0v) is 10.2. The zero-order chi connectivity index (χ0) is 11.4. The highest BCUT2D eigenvalue weighted by atomic mass is 16.3. The van der Waals surface area contributed by atoms with Crippen LogP contribution in [0.3, 0.4) is 0 Å². The number of aliphatic hydroxyl groups excluding tert-OH is 1. The van der Waals surface area contributed by atoms with Crippen molar-refractivity contribution in [2.24, 2.45) is 22.7 Å². The lowest BCUT2D eigenvalue weighted by Crippen LogP contribution is -2.33. The van der Waals surface area contributed by atoms with E-state index in [1.807, 2.05) is 0 Å². The molecule has 2 rings (SSSR count). The van der Waals surface area contributed by atoms with E-state index in [9.17, 15) is 9.90 Å². The van der Waals surface area contributed by atoms with Crippen molar-refractivity contribution in [3.8, 4) is 0 Å². The fourth-order valence-electron chi connectivity index (χ4n) is 4.09. The van der Waals surface area contributed by atoms with E-state index in [2.05, 4.69) is 20.8 Å². The average Bonchev–Trinajstić information content (AvgIpc) is 2.67. The molecule has 2 aliphatic carbocycles. The first-order valence-electron chi connectivity index (χ1n) is 5.97. The minimum absolute atomic E-state index is 0.0212. The summed E-state index contributed by atoms with van der Waals surface area (Å²) in [6.45, 7) is 8.38. The van der Waals surface area contributed by atoms with E-state index in [1.54, 1.807) is 6.92 Å². The van der Waals surface area contributed by atoms with Gasteiger partial charge in [0.05, 0.1) is 6.10 Å². The minimum atomic E-state index is -0.195. The van der Waals surface area contributed by atoms with Gasteiger partial charge in [-0.3, -0.25) is 0 Å². The number of Topliss-reactive ketones (excluding diaryl/α,β-unsaturated/α-hetero) is 1. The van der Waals surface area contributed by atoms with Crippen LogP contribution < -0.4 is 0 Å². The molecule has 2 saturated carbocycles. The summed E-state index contributed by atoms with van der Waals surface area (Å²) in [5, 5.41) is 10.1. The molecule has 0 saturated heterocycles. The normalized spacial score (nSPS) is 47.1. The predicted molar refractivity (Wildman–Crippen MR) is 59.4 cm³/mol. The van der Waals surface area contributed by atoms with Crippen LogP contribution in [-0.4, -0.2) is 17.0 Å². The first kappa shape index (κ1) is 11.1. The van der Waals surface area contributed by atoms with Crippen molar-refractivity contribution in [1.82, 2.24) is 0 Å². The second-order valence-electron chi connectivity index (χ2n) is 6.40. The quantitative estimate of drug-likeness (QED) is 0.760. The number of ketones is 1. The molecule has 0 aliphatic heterocycles. The molecule has 0 radical (unpaired) electrons. The Kier molecular flexibility index (Phi) is 2.27. The molecule has 1 N–H and O–H groups in total. The highest BCUT2D eigenvalue weighted by molar-refractivity contribution is 5.76. The Labute approximate surface area is 92.1 Å². The lowest BCUT2D eigenvalue weighted by atomic mass is 9.71. The van der Waals surface area contributed by atoms with Gasteiger partial charge >= 0.3 is 0 Å². The Morgan fingerprint density at radius 3 is 2.47 bits per heavy atom. The summed E-state index contributed by atoms with van der Waals surface area (Å²) < 4.78 is 0. The van der Waals surface area contributed by atoms with Gasteiger partial charge < -0.3 is 9.90 Å². The largest absolute Gasteiger partial charge is 0.393 e. The summed E-state index contributed by atoms with van der Waals surface area (Å²) in [4.78, 5) is 11.2. The molecule has 0 aromatic carbocycles. The molecule has 2 heteroatoms. The number of aliphatic hydroxyl groups is 1. The van der Waals surface area contributed by atoms with Gasteiger partial charge in [-0.05, 0) is 37.0 Å². The number of carbonyl (C=O) groups is 1. The fourth-order valence-corrected chi connectivity index (χ4v) is 4.09. The molecule has 0 amide bonds. The summed E-state index contributed by atoms with van der Waals surface area (Å²) in [7, 11) is 0. The van der Waals surface area contributed by atoms with Crippen molar-refractivity contribution >= 4 is 5.78 Å². The zero-order valence-electron chi connectivity index (χ0n) is 10.2. The van der Waals surface area contributed by atoms with Crippen LogP contribution in [0.4, 0.5) is 0 Å². The fraction of sp³-hybridized carbons (Fsp3) is 0.923. The van der Waals surface area contributed by atoms with E-state index in [1.165, 1.54) is 0 Å². The first-order valence-corrected chi connectivity index (χ1v) is 5.97. The minimum Gasteiger partial charge on any atom is -0.393 e. The highest BCUT2D eigenvalue weighted by Crippen LogP contribution is 2.72. The summed E-state index contributed by atoms with van der Waals surface area (Å²) in [5.41, 5.74) is 0.321. The first-order chi connectivity index (χ1) is 6.80. The third kappa shape index (κ3) is 1.45. The predicted octanol–water partition coefficient (Wildman–Crippen LogP) is 2.40. The van der Waals surface area contributed by atoms with Gasteiger partial charge in [-0.15, -0.1) is 0 Å². The number of carbonyl (C=O) groups excluding carboxylic acids is 1.